The van der Waals surface area contributed by atoms with Crippen molar-refractivity contribution in [1.82, 2.24) is 20.5 Å². The maximum atomic E-state index is 13.0. The summed E-state index contributed by atoms with van der Waals surface area (Å²) in [6, 6.07) is 8.43. The van der Waals surface area contributed by atoms with E-state index in [9.17, 15) is 20.0 Å². The van der Waals surface area contributed by atoms with Gasteiger partial charge >= 0.3 is 5.97 Å². The molecular weight excluding hydrogens is 446 g/mol. The zero-order valence-electron chi connectivity index (χ0n) is 18.0. The van der Waals surface area contributed by atoms with Gasteiger partial charge in [-0.1, -0.05) is 11.6 Å². The number of nitriles is 1. The number of carboxylic acids is 1. The second kappa shape index (κ2) is 9.75. The number of hydrogen-bond donors (Lipinski definition) is 3. The van der Waals surface area contributed by atoms with Gasteiger partial charge in [0.25, 0.3) is 0 Å². The topological polar surface area (TPSA) is 128 Å². The number of fused-ring (bicyclic) bond motifs is 1. The van der Waals surface area contributed by atoms with Crippen LogP contribution in [-0.4, -0.2) is 65.3 Å². The fourth-order valence-corrected chi connectivity index (χ4v) is 4.52. The largest absolute Gasteiger partial charge is 0.491 e. The van der Waals surface area contributed by atoms with Crippen molar-refractivity contribution in [2.75, 3.05) is 26.4 Å². The van der Waals surface area contributed by atoms with Gasteiger partial charge in [0.15, 0.2) is 0 Å². The highest BCUT2D eigenvalue weighted by Crippen LogP contribution is 2.34. The molecule has 2 aromatic rings. The molecule has 1 aromatic heterocycles. The molecule has 2 saturated heterocycles. The highest BCUT2D eigenvalue weighted by atomic mass is 35.5. The number of benzene rings is 1. The van der Waals surface area contributed by atoms with E-state index in [1.807, 2.05) is 0 Å². The first-order valence-corrected chi connectivity index (χ1v) is 11.0. The monoisotopic (exact) mass is 469 g/mol. The molecule has 33 heavy (non-hydrogen) atoms. The highest BCUT2D eigenvalue weighted by Gasteiger charge is 2.40. The van der Waals surface area contributed by atoms with Gasteiger partial charge in [-0.15, -0.1) is 0 Å². The predicted octanol–water partition coefficient (Wildman–Crippen LogP) is 2.05. The Kier molecular flexibility index (Phi) is 6.79. The summed E-state index contributed by atoms with van der Waals surface area (Å²) in [6.07, 6.45) is 1.93. The lowest BCUT2D eigenvalue weighted by atomic mass is 9.86. The standard InChI is InChI=1S/C23H24ClN5O4/c1-13-16(23(31)32)4-5-26-21(13)18-8-14(24)2-3-20(18)33-7-6-29-12-28-19-11-27-15(10-25)9-17(19)22(29)30/h2-5,8,15,17,19,27-28H,6-7,9,11-12H2,1H3,(H,31,32). The maximum Gasteiger partial charge on any atom is 0.336 e. The number of pyridine rings is 1. The molecule has 2 aliphatic rings. The minimum absolute atomic E-state index is 0.0205. The number of piperidine rings is 1. The van der Waals surface area contributed by atoms with Gasteiger partial charge < -0.3 is 20.1 Å². The molecule has 172 valence electrons. The summed E-state index contributed by atoms with van der Waals surface area (Å²) >= 11 is 6.20. The molecule has 3 unspecified atom stereocenters. The quantitative estimate of drug-likeness (QED) is 0.586. The van der Waals surface area contributed by atoms with Crippen LogP contribution < -0.4 is 15.4 Å². The Morgan fingerprint density at radius 3 is 2.97 bits per heavy atom. The van der Waals surface area contributed by atoms with Crippen molar-refractivity contribution in [3.05, 3.63) is 46.6 Å². The number of aromatic nitrogens is 1. The van der Waals surface area contributed by atoms with Gasteiger partial charge in [0.05, 0.1) is 42.5 Å². The normalized spacial score (nSPS) is 22.4. The summed E-state index contributed by atoms with van der Waals surface area (Å²) in [5.41, 5.74) is 1.73. The van der Waals surface area contributed by atoms with Gasteiger partial charge in [0.2, 0.25) is 5.91 Å². The van der Waals surface area contributed by atoms with Crippen molar-refractivity contribution in [3.63, 3.8) is 0 Å². The molecular formula is C23H24ClN5O4. The minimum atomic E-state index is -1.04. The molecule has 1 aromatic carbocycles. The number of rotatable bonds is 6. The number of carboxylic acid groups (broad SMARTS) is 1. The Morgan fingerprint density at radius 1 is 1.39 bits per heavy atom. The summed E-state index contributed by atoms with van der Waals surface area (Å²) in [6.45, 7) is 3.30. The Bertz CT molecular complexity index is 1120. The molecule has 3 atom stereocenters. The van der Waals surface area contributed by atoms with E-state index >= 15 is 0 Å². The van der Waals surface area contributed by atoms with Crippen LogP contribution in [0.5, 0.6) is 5.75 Å². The Hall–Kier alpha value is -3.19. The summed E-state index contributed by atoms with van der Waals surface area (Å²) in [4.78, 5) is 30.5. The average molecular weight is 470 g/mol. The number of ether oxygens (including phenoxy) is 1. The molecule has 0 spiro atoms. The summed E-state index contributed by atoms with van der Waals surface area (Å²) in [7, 11) is 0. The van der Waals surface area contributed by atoms with Crippen LogP contribution in [-0.2, 0) is 4.79 Å². The zero-order valence-corrected chi connectivity index (χ0v) is 18.8. The van der Waals surface area contributed by atoms with Crippen molar-refractivity contribution in [3.8, 4) is 23.1 Å². The van der Waals surface area contributed by atoms with Crippen LogP contribution in [0.2, 0.25) is 5.02 Å². The number of carbonyl (C=O) groups is 2. The van der Waals surface area contributed by atoms with Gasteiger partial charge in [-0.05, 0) is 43.2 Å². The van der Waals surface area contributed by atoms with Crippen molar-refractivity contribution >= 4 is 23.5 Å². The molecule has 10 heteroatoms. The molecule has 2 aliphatic heterocycles. The van der Waals surface area contributed by atoms with Crippen LogP contribution in [0.25, 0.3) is 11.3 Å². The van der Waals surface area contributed by atoms with Crippen LogP contribution >= 0.6 is 11.6 Å². The first kappa shape index (κ1) is 23.0. The second-order valence-corrected chi connectivity index (χ2v) is 8.57. The van der Waals surface area contributed by atoms with E-state index in [2.05, 4.69) is 21.7 Å². The lowest BCUT2D eigenvalue weighted by Gasteiger charge is -2.42. The van der Waals surface area contributed by atoms with Crippen LogP contribution in [0.1, 0.15) is 22.3 Å². The second-order valence-electron chi connectivity index (χ2n) is 8.13. The zero-order chi connectivity index (χ0) is 23.5. The third-order valence-corrected chi connectivity index (χ3v) is 6.37. The Labute approximate surface area is 196 Å². The summed E-state index contributed by atoms with van der Waals surface area (Å²) in [5.74, 6) is -0.751. The number of aromatic carboxylic acids is 1. The molecule has 3 N–H and O–H groups in total. The molecule has 0 bridgehead atoms. The van der Waals surface area contributed by atoms with E-state index in [-0.39, 0.29) is 36.1 Å². The average Bonchev–Trinajstić information content (AvgIpc) is 2.81. The van der Waals surface area contributed by atoms with E-state index in [0.29, 0.717) is 53.8 Å². The number of halogens is 1. The molecule has 2 fully saturated rings. The Balaban J connectivity index is 1.47. The molecule has 0 aliphatic carbocycles. The van der Waals surface area contributed by atoms with Crippen LogP contribution in [0.4, 0.5) is 0 Å². The molecule has 3 heterocycles. The molecule has 9 nitrogen and oxygen atoms in total. The van der Waals surface area contributed by atoms with Crippen LogP contribution in [0.15, 0.2) is 30.5 Å². The fourth-order valence-electron chi connectivity index (χ4n) is 4.35. The molecule has 0 radical (unpaired) electrons. The highest BCUT2D eigenvalue weighted by molar-refractivity contribution is 6.31. The van der Waals surface area contributed by atoms with Crippen molar-refractivity contribution in [1.29, 1.82) is 5.26 Å². The number of hydrogen-bond acceptors (Lipinski definition) is 7. The van der Waals surface area contributed by atoms with Gasteiger partial charge in [-0.2, -0.15) is 5.26 Å². The maximum absolute atomic E-state index is 13.0. The molecule has 4 rings (SSSR count). The third-order valence-electron chi connectivity index (χ3n) is 6.14. The van der Waals surface area contributed by atoms with E-state index in [4.69, 9.17) is 16.3 Å². The number of carbonyl (C=O) groups excluding carboxylic acids is 1. The first-order chi connectivity index (χ1) is 15.9. The third kappa shape index (κ3) is 4.78. The van der Waals surface area contributed by atoms with Gasteiger partial charge in [0.1, 0.15) is 12.4 Å². The van der Waals surface area contributed by atoms with Crippen LogP contribution in [0.3, 0.4) is 0 Å². The minimum Gasteiger partial charge on any atom is -0.491 e. The Morgan fingerprint density at radius 2 is 2.21 bits per heavy atom. The van der Waals surface area contributed by atoms with Crippen molar-refractivity contribution in [2.45, 2.75) is 25.4 Å². The van der Waals surface area contributed by atoms with Crippen LogP contribution in [0, 0.1) is 24.2 Å². The van der Waals surface area contributed by atoms with E-state index in [0.717, 1.165) is 0 Å². The van der Waals surface area contributed by atoms with E-state index < -0.39 is 5.97 Å². The molecule has 1 amide bonds. The van der Waals surface area contributed by atoms with Gasteiger partial charge in [-0.3, -0.25) is 15.1 Å². The summed E-state index contributed by atoms with van der Waals surface area (Å²) in [5, 5.41) is 25.6. The SMILES string of the molecule is Cc1c(C(=O)O)ccnc1-c1cc(Cl)ccc1OCCN1CNC2CNC(C#N)CC2C1=O. The van der Waals surface area contributed by atoms with E-state index in [1.54, 1.807) is 30.0 Å². The number of nitrogens with one attached hydrogen (secondary N) is 2. The summed E-state index contributed by atoms with van der Waals surface area (Å²) < 4.78 is 6.00. The van der Waals surface area contributed by atoms with Crippen molar-refractivity contribution < 1.29 is 19.4 Å². The first-order valence-electron chi connectivity index (χ1n) is 10.7. The number of amides is 1. The van der Waals surface area contributed by atoms with Gasteiger partial charge in [0, 0.05) is 29.4 Å². The lowest BCUT2D eigenvalue weighted by Crippen LogP contribution is -2.64. The van der Waals surface area contributed by atoms with Gasteiger partial charge in [-0.25, -0.2) is 4.79 Å². The fraction of sp³-hybridized carbons (Fsp3) is 0.391. The molecule has 0 saturated carbocycles. The van der Waals surface area contributed by atoms with E-state index in [1.165, 1.54) is 12.3 Å². The number of nitrogens with zero attached hydrogens (tertiary/aromatic N) is 3. The lowest BCUT2D eigenvalue weighted by molar-refractivity contribution is -0.142. The predicted molar refractivity (Wildman–Crippen MR) is 121 cm³/mol. The smallest absolute Gasteiger partial charge is 0.336 e. The van der Waals surface area contributed by atoms with Crippen molar-refractivity contribution in [2.24, 2.45) is 5.92 Å².